The first-order valence-electron chi connectivity index (χ1n) is 10.9. The van der Waals surface area contributed by atoms with Crippen LogP contribution < -0.4 is 25.6 Å². The molecule has 0 unspecified atom stereocenters. The second-order valence-corrected chi connectivity index (χ2v) is 8.11. The fraction of sp³-hybridized carbons (Fsp3) is 0.333. The van der Waals surface area contributed by atoms with Crippen molar-refractivity contribution in [2.24, 2.45) is 0 Å². The number of amides is 3. The average Bonchev–Trinajstić information content (AvgIpc) is 3.37. The minimum atomic E-state index is -0.299. The Kier molecular flexibility index (Phi) is 6.69. The van der Waals surface area contributed by atoms with Gasteiger partial charge in [0.15, 0.2) is 0 Å². The van der Waals surface area contributed by atoms with Crippen LogP contribution >= 0.6 is 0 Å². The highest BCUT2D eigenvalue weighted by atomic mass is 16.5. The van der Waals surface area contributed by atoms with Gasteiger partial charge in [0, 0.05) is 25.0 Å². The van der Waals surface area contributed by atoms with Crippen molar-refractivity contribution in [1.82, 2.24) is 20.6 Å². The number of nitrogens with zero attached hydrogens (tertiary/aromatic N) is 3. The maximum Gasteiger partial charge on any atom is 0.323 e. The summed E-state index contributed by atoms with van der Waals surface area (Å²) >= 11 is 0. The highest BCUT2D eigenvalue weighted by Gasteiger charge is 2.24. The predicted molar refractivity (Wildman–Crippen MR) is 128 cm³/mol. The topological polar surface area (TPSA) is 108 Å². The molecule has 3 aromatic rings. The van der Waals surface area contributed by atoms with Crippen LogP contribution in [0.5, 0.6) is 5.75 Å². The molecule has 0 bridgehead atoms. The maximum atomic E-state index is 12.8. The Balaban J connectivity index is 1.57. The molecule has 0 aliphatic carbocycles. The molecule has 4 rings (SSSR count). The Bertz CT molecular complexity index is 1160. The van der Waals surface area contributed by atoms with E-state index in [1.807, 2.05) is 31.2 Å². The van der Waals surface area contributed by atoms with Gasteiger partial charge in [-0.1, -0.05) is 29.8 Å². The lowest BCUT2D eigenvalue weighted by Crippen LogP contribution is -2.37. The summed E-state index contributed by atoms with van der Waals surface area (Å²) in [5, 5.41) is 9.67. The summed E-state index contributed by atoms with van der Waals surface area (Å²) in [6.45, 7) is 3.25. The van der Waals surface area contributed by atoms with E-state index in [2.05, 4.69) is 25.9 Å². The van der Waals surface area contributed by atoms with Gasteiger partial charge in [0.2, 0.25) is 5.91 Å². The van der Waals surface area contributed by atoms with Gasteiger partial charge in [0.1, 0.15) is 17.9 Å². The Morgan fingerprint density at radius 2 is 2.00 bits per heavy atom. The van der Waals surface area contributed by atoms with Crippen LogP contribution in [0.15, 0.2) is 42.7 Å². The molecule has 33 heavy (non-hydrogen) atoms. The minimum Gasteiger partial charge on any atom is -0.494 e. The number of anilines is 2. The quantitative estimate of drug-likeness (QED) is 0.535. The van der Waals surface area contributed by atoms with Crippen molar-refractivity contribution in [2.75, 3.05) is 30.9 Å². The van der Waals surface area contributed by atoms with Crippen molar-refractivity contribution >= 4 is 34.3 Å². The van der Waals surface area contributed by atoms with E-state index in [1.165, 1.54) is 18.3 Å². The maximum absolute atomic E-state index is 12.8. The van der Waals surface area contributed by atoms with Crippen molar-refractivity contribution < 1.29 is 14.3 Å². The molecule has 1 aliphatic heterocycles. The van der Waals surface area contributed by atoms with Crippen LogP contribution in [0, 0.1) is 6.92 Å². The second-order valence-electron chi connectivity index (χ2n) is 8.11. The number of aromatic nitrogens is 2. The summed E-state index contributed by atoms with van der Waals surface area (Å²) < 4.78 is 5.47. The summed E-state index contributed by atoms with van der Waals surface area (Å²) in [4.78, 5) is 35.6. The number of benzene rings is 2. The molecule has 1 aliphatic rings. The van der Waals surface area contributed by atoms with Crippen molar-refractivity contribution in [2.45, 2.75) is 32.4 Å². The molecule has 0 radical (unpaired) electrons. The molecule has 172 valence electrons. The Hall–Kier alpha value is -3.72. The van der Waals surface area contributed by atoms with Crippen LogP contribution in [-0.2, 0) is 11.3 Å². The summed E-state index contributed by atoms with van der Waals surface area (Å²) in [6.07, 6.45) is 3.16. The molecule has 0 spiro atoms. The first-order chi connectivity index (χ1) is 16.0. The van der Waals surface area contributed by atoms with Gasteiger partial charge in [-0.15, -0.1) is 0 Å². The predicted octanol–water partition coefficient (Wildman–Crippen LogP) is 2.98. The van der Waals surface area contributed by atoms with Gasteiger partial charge in [-0.25, -0.2) is 14.8 Å². The molecule has 1 fully saturated rings. The first kappa shape index (κ1) is 22.5. The van der Waals surface area contributed by atoms with Crippen molar-refractivity contribution in [1.29, 1.82) is 0 Å². The molecular formula is C24H28N6O3. The minimum absolute atomic E-state index is 0.118. The summed E-state index contributed by atoms with van der Waals surface area (Å²) in [5.41, 5.74) is 3.28. The number of hydrogen-bond donors (Lipinski definition) is 3. The van der Waals surface area contributed by atoms with Gasteiger partial charge < -0.3 is 20.7 Å². The molecule has 1 atom stereocenters. The van der Waals surface area contributed by atoms with E-state index in [0.29, 0.717) is 34.7 Å². The number of fused-ring (bicyclic) bond motifs is 1. The van der Waals surface area contributed by atoms with E-state index in [4.69, 9.17) is 4.74 Å². The zero-order chi connectivity index (χ0) is 23.4. The largest absolute Gasteiger partial charge is 0.494 e. The summed E-state index contributed by atoms with van der Waals surface area (Å²) in [5.74, 6) is 0.802. The Morgan fingerprint density at radius 1 is 1.21 bits per heavy atom. The molecule has 3 N–H and O–H groups in total. The van der Waals surface area contributed by atoms with Crippen LogP contribution in [0.1, 0.15) is 24.0 Å². The average molecular weight is 449 g/mol. The number of carbonyl (C=O) groups is 2. The fourth-order valence-electron chi connectivity index (χ4n) is 3.83. The fourth-order valence-corrected chi connectivity index (χ4v) is 3.83. The number of rotatable bonds is 6. The number of nitrogens with one attached hydrogen (secondary N) is 3. The molecule has 1 aromatic heterocycles. The smallest absolute Gasteiger partial charge is 0.323 e. The van der Waals surface area contributed by atoms with E-state index in [0.717, 1.165) is 30.5 Å². The summed E-state index contributed by atoms with van der Waals surface area (Å²) in [6, 6.07) is 10.9. The summed E-state index contributed by atoms with van der Waals surface area (Å²) in [7, 11) is 3.19. The lowest BCUT2D eigenvalue weighted by molar-refractivity contribution is -0.117. The molecular weight excluding hydrogens is 420 g/mol. The van der Waals surface area contributed by atoms with Crippen LogP contribution in [-0.4, -0.2) is 48.7 Å². The van der Waals surface area contributed by atoms with Gasteiger partial charge in [-0.3, -0.25) is 9.69 Å². The molecule has 3 amide bonds. The number of hydrogen-bond acceptors (Lipinski definition) is 6. The third-order valence-electron chi connectivity index (χ3n) is 5.76. The van der Waals surface area contributed by atoms with Crippen LogP contribution in [0.25, 0.3) is 10.9 Å². The highest BCUT2D eigenvalue weighted by Crippen LogP contribution is 2.33. The van der Waals surface area contributed by atoms with Gasteiger partial charge in [0.05, 0.1) is 24.4 Å². The molecule has 9 heteroatoms. The molecule has 1 saturated heterocycles. The molecule has 9 nitrogen and oxygen atoms in total. The zero-order valence-corrected chi connectivity index (χ0v) is 19.0. The van der Waals surface area contributed by atoms with Gasteiger partial charge in [-0.05, 0) is 37.9 Å². The lowest BCUT2D eigenvalue weighted by atomic mass is 10.1. The number of aryl methyl sites for hydroxylation is 1. The van der Waals surface area contributed by atoms with E-state index in [9.17, 15) is 9.59 Å². The van der Waals surface area contributed by atoms with Crippen LogP contribution in [0.2, 0.25) is 0 Å². The Morgan fingerprint density at radius 3 is 2.70 bits per heavy atom. The normalized spacial score (nSPS) is 15.3. The van der Waals surface area contributed by atoms with Gasteiger partial charge in [-0.2, -0.15) is 0 Å². The SMILES string of the molecule is COc1cc2ncnc(N(C)C(=O)NCc3ccc(C)cc3)c2cc1NC(=O)[C@@H]1CCCN1. The third kappa shape index (κ3) is 5.04. The van der Waals surface area contributed by atoms with Crippen molar-refractivity contribution in [3.05, 3.63) is 53.9 Å². The van der Waals surface area contributed by atoms with E-state index in [-0.39, 0.29) is 18.0 Å². The monoisotopic (exact) mass is 448 g/mol. The van der Waals surface area contributed by atoms with Crippen molar-refractivity contribution in [3.63, 3.8) is 0 Å². The first-order valence-corrected chi connectivity index (χ1v) is 10.9. The number of methoxy groups -OCH3 is 1. The van der Waals surface area contributed by atoms with Crippen molar-refractivity contribution in [3.8, 4) is 5.75 Å². The van der Waals surface area contributed by atoms with Gasteiger partial charge in [0.25, 0.3) is 0 Å². The Labute approximate surface area is 192 Å². The van der Waals surface area contributed by atoms with Gasteiger partial charge >= 0.3 is 6.03 Å². The second kappa shape index (κ2) is 9.83. The lowest BCUT2D eigenvalue weighted by Gasteiger charge is -2.20. The van der Waals surface area contributed by atoms with E-state index < -0.39 is 0 Å². The molecule has 0 saturated carbocycles. The molecule has 2 heterocycles. The van der Waals surface area contributed by atoms with Crippen LogP contribution in [0.4, 0.5) is 16.3 Å². The highest BCUT2D eigenvalue weighted by molar-refractivity contribution is 6.04. The number of ether oxygens (including phenoxy) is 1. The van der Waals surface area contributed by atoms with Crippen LogP contribution in [0.3, 0.4) is 0 Å². The number of urea groups is 1. The standard InChI is InChI=1S/C24H28N6O3/c1-15-6-8-16(9-7-15)13-26-24(32)30(2)22-17-11-20(29-23(31)18-5-4-10-25-18)21(33-3)12-19(17)27-14-28-22/h6-9,11-12,14,18,25H,4-5,10,13H2,1-3H3,(H,26,32)(H,29,31)/t18-/m0/s1. The third-order valence-corrected chi connectivity index (χ3v) is 5.76. The van der Waals surface area contributed by atoms with E-state index >= 15 is 0 Å². The number of carbonyl (C=O) groups excluding carboxylic acids is 2. The van der Waals surface area contributed by atoms with E-state index in [1.54, 1.807) is 19.2 Å². The molecule has 2 aromatic carbocycles. The zero-order valence-electron chi connectivity index (χ0n) is 19.0.